The lowest BCUT2D eigenvalue weighted by atomic mass is 9.90. The molecule has 0 unspecified atom stereocenters. The van der Waals surface area contributed by atoms with Gasteiger partial charge in [0, 0.05) is 5.56 Å². The minimum absolute atomic E-state index is 0.278. The van der Waals surface area contributed by atoms with Crippen molar-refractivity contribution in [2.24, 2.45) is 4.40 Å². The number of hydrogen-bond donors (Lipinski definition) is 0. The molecule has 0 aromatic heterocycles. The molecule has 0 heterocycles. The quantitative estimate of drug-likeness (QED) is 0.703. The fourth-order valence-electron chi connectivity index (χ4n) is 1.93. The van der Waals surface area contributed by atoms with Crippen molar-refractivity contribution in [2.75, 3.05) is 0 Å². The van der Waals surface area contributed by atoms with Gasteiger partial charge < -0.3 is 4.55 Å². The summed E-state index contributed by atoms with van der Waals surface area (Å²) in [4.78, 5) is 0. The Labute approximate surface area is 106 Å². The van der Waals surface area contributed by atoms with Gasteiger partial charge in [0.25, 0.3) is 0 Å². The molecule has 0 bridgehead atoms. The average molecular weight is 249 g/mol. The second-order valence-electron chi connectivity index (χ2n) is 5.41. The van der Waals surface area contributed by atoms with Crippen LogP contribution < -0.4 is 0 Å². The minimum Gasteiger partial charge on any atom is -0.591 e. The van der Waals surface area contributed by atoms with E-state index in [1.807, 2.05) is 26.8 Å². The van der Waals surface area contributed by atoms with Gasteiger partial charge in [-0.15, -0.1) is 0 Å². The van der Waals surface area contributed by atoms with Crippen LogP contribution in [-0.4, -0.2) is 15.0 Å². The molecule has 0 saturated carbocycles. The zero-order chi connectivity index (χ0) is 12.5. The van der Waals surface area contributed by atoms with E-state index in [0.29, 0.717) is 0 Å². The van der Waals surface area contributed by atoms with Gasteiger partial charge in [-0.1, -0.05) is 28.7 Å². The highest BCUT2D eigenvalue weighted by atomic mass is 32.2. The highest BCUT2D eigenvalue weighted by Gasteiger charge is 2.28. The fourth-order valence-corrected chi connectivity index (χ4v) is 2.60. The summed E-state index contributed by atoms with van der Waals surface area (Å²) < 4.78 is 16.2. The molecule has 1 aliphatic carbocycles. The van der Waals surface area contributed by atoms with Crippen LogP contribution in [0.2, 0.25) is 0 Å². The van der Waals surface area contributed by atoms with Crippen molar-refractivity contribution in [1.82, 2.24) is 0 Å². The molecular formula is C14H19NOS. The molecule has 0 spiro atoms. The Balaban J connectivity index is 2.33. The third-order valence-corrected chi connectivity index (χ3v) is 4.34. The van der Waals surface area contributed by atoms with Gasteiger partial charge in [0.15, 0.2) is 0 Å². The smallest absolute Gasteiger partial charge is 0.144 e. The maximum Gasteiger partial charge on any atom is 0.144 e. The van der Waals surface area contributed by atoms with Crippen molar-refractivity contribution in [3.05, 3.63) is 35.4 Å². The van der Waals surface area contributed by atoms with Gasteiger partial charge in [-0.2, -0.15) is 0 Å². The molecule has 0 N–H and O–H groups in total. The Morgan fingerprint density at radius 1 is 1.18 bits per heavy atom. The van der Waals surface area contributed by atoms with Crippen molar-refractivity contribution in [3.8, 4) is 0 Å². The monoisotopic (exact) mass is 249 g/mol. The van der Waals surface area contributed by atoms with Crippen LogP contribution >= 0.6 is 0 Å². The van der Waals surface area contributed by atoms with Crippen LogP contribution in [0.5, 0.6) is 0 Å². The summed E-state index contributed by atoms with van der Waals surface area (Å²) in [5.41, 5.74) is 3.54. The SMILES string of the molecule is CC(C)(C)[S@@+]([O-])/N=C1\CCCc2ccccc21. The lowest BCUT2D eigenvalue weighted by Gasteiger charge is -2.22. The Kier molecular flexibility index (Phi) is 3.59. The van der Waals surface area contributed by atoms with E-state index in [0.717, 1.165) is 25.0 Å². The van der Waals surface area contributed by atoms with E-state index in [4.69, 9.17) is 0 Å². The molecule has 92 valence electrons. The summed E-state index contributed by atoms with van der Waals surface area (Å²) in [5.74, 6) is 0. The maximum atomic E-state index is 12.1. The fraction of sp³-hybridized carbons (Fsp3) is 0.500. The number of fused-ring (bicyclic) bond motifs is 1. The summed E-state index contributed by atoms with van der Waals surface area (Å²) in [7, 11) is 0. The standard InChI is InChI=1S/C14H19NOS/c1-14(2,3)17(16)15-13-10-6-8-11-7-4-5-9-12(11)13/h4-5,7,9H,6,8,10H2,1-3H3/b15-13+/t17-/m1/s1. The molecule has 1 aromatic rings. The predicted octanol–water partition coefficient (Wildman–Crippen LogP) is 3.27. The van der Waals surface area contributed by atoms with E-state index in [2.05, 4.69) is 22.6 Å². The van der Waals surface area contributed by atoms with E-state index in [-0.39, 0.29) is 4.75 Å². The molecular weight excluding hydrogens is 230 g/mol. The Morgan fingerprint density at radius 2 is 1.88 bits per heavy atom. The number of aryl methyl sites for hydroxylation is 1. The van der Waals surface area contributed by atoms with E-state index in [9.17, 15) is 4.55 Å². The van der Waals surface area contributed by atoms with Crippen molar-refractivity contribution < 1.29 is 4.55 Å². The van der Waals surface area contributed by atoms with Gasteiger partial charge >= 0.3 is 0 Å². The van der Waals surface area contributed by atoms with Crippen LogP contribution in [0.4, 0.5) is 0 Å². The van der Waals surface area contributed by atoms with E-state index in [1.165, 1.54) is 11.1 Å². The molecule has 0 saturated heterocycles. The van der Waals surface area contributed by atoms with Gasteiger partial charge in [0.1, 0.15) is 16.1 Å². The van der Waals surface area contributed by atoms with Crippen LogP contribution in [-0.2, 0) is 17.8 Å². The van der Waals surface area contributed by atoms with Gasteiger partial charge in [-0.05, 0) is 45.6 Å². The lowest BCUT2D eigenvalue weighted by molar-refractivity contribution is 0.561. The van der Waals surface area contributed by atoms with E-state index >= 15 is 0 Å². The highest BCUT2D eigenvalue weighted by Crippen LogP contribution is 2.25. The van der Waals surface area contributed by atoms with Crippen molar-refractivity contribution in [2.45, 2.75) is 44.8 Å². The topological polar surface area (TPSA) is 35.4 Å². The molecule has 0 fully saturated rings. The molecule has 1 aliphatic rings. The normalized spacial score (nSPS) is 20.1. The third kappa shape index (κ3) is 2.90. The molecule has 3 heteroatoms. The zero-order valence-corrected chi connectivity index (χ0v) is 11.5. The minimum atomic E-state index is -1.15. The number of rotatable bonds is 1. The zero-order valence-electron chi connectivity index (χ0n) is 10.7. The largest absolute Gasteiger partial charge is 0.591 e. The number of hydrogen-bond acceptors (Lipinski definition) is 2. The molecule has 2 rings (SSSR count). The lowest BCUT2D eigenvalue weighted by Crippen LogP contribution is -2.27. The van der Waals surface area contributed by atoms with E-state index in [1.54, 1.807) is 0 Å². The molecule has 1 aromatic carbocycles. The van der Waals surface area contributed by atoms with Crippen LogP contribution in [0, 0.1) is 0 Å². The molecule has 1 atom stereocenters. The van der Waals surface area contributed by atoms with E-state index < -0.39 is 11.4 Å². The van der Waals surface area contributed by atoms with Gasteiger partial charge in [-0.25, -0.2) is 0 Å². The van der Waals surface area contributed by atoms with Gasteiger partial charge in [-0.3, -0.25) is 0 Å². The first-order valence-electron chi connectivity index (χ1n) is 6.06. The van der Waals surface area contributed by atoms with Crippen LogP contribution in [0.3, 0.4) is 0 Å². The van der Waals surface area contributed by atoms with Crippen molar-refractivity contribution >= 4 is 17.1 Å². The first kappa shape index (κ1) is 12.7. The Bertz CT molecular complexity index is 434. The Morgan fingerprint density at radius 3 is 2.59 bits per heavy atom. The number of nitrogens with zero attached hydrogens (tertiary/aromatic N) is 1. The molecule has 0 amide bonds. The van der Waals surface area contributed by atoms with Crippen LogP contribution in [0.15, 0.2) is 28.7 Å². The maximum absolute atomic E-state index is 12.1. The summed E-state index contributed by atoms with van der Waals surface area (Å²) in [6.45, 7) is 5.88. The Hall–Kier alpha value is -0.800. The van der Waals surface area contributed by atoms with Gasteiger partial charge in [0.05, 0.1) is 5.71 Å². The van der Waals surface area contributed by atoms with Crippen LogP contribution in [0.1, 0.15) is 44.7 Å². The summed E-state index contributed by atoms with van der Waals surface area (Å²) in [6, 6.07) is 8.32. The summed E-state index contributed by atoms with van der Waals surface area (Å²) >= 11 is -1.15. The number of benzene rings is 1. The predicted molar refractivity (Wildman–Crippen MR) is 73.8 cm³/mol. The summed E-state index contributed by atoms with van der Waals surface area (Å²) in [5, 5.41) is 0. The first-order chi connectivity index (χ1) is 7.98. The molecule has 17 heavy (non-hydrogen) atoms. The third-order valence-electron chi connectivity index (χ3n) is 2.90. The van der Waals surface area contributed by atoms with Crippen molar-refractivity contribution in [3.63, 3.8) is 0 Å². The summed E-state index contributed by atoms with van der Waals surface area (Å²) in [6.07, 6.45) is 3.16. The second-order valence-corrected chi connectivity index (χ2v) is 7.32. The first-order valence-corrected chi connectivity index (χ1v) is 7.17. The molecule has 0 radical (unpaired) electrons. The molecule has 2 nitrogen and oxygen atoms in total. The average Bonchev–Trinajstić information content (AvgIpc) is 2.28. The van der Waals surface area contributed by atoms with Crippen molar-refractivity contribution in [1.29, 1.82) is 0 Å². The van der Waals surface area contributed by atoms with Crippen LogP contribution in [0.25, 0.3) is 0 Å². The molecule has 0 aliphatic heterocycles. The second kappa shape index (κ2) is 4.83. The van der Waals surface area contributed by atoms with Gasteiger partial charge in [0.2, 0.25) is 0 Å². The highest BCUT2D eigenvalue weighted by molar-refractivity contribution is 7.91.